The molecule has 0 unspecified atom stereocenters. The van der Waals surface area contributed by atoms with E-state index >= 15 is 0 Å². The molecule has 0 spiro atoms. The van der Waals surface area contributed by atoms with E-state index in [4.69, 9.17) is 22.9 Å². The Labute approximate surface area is 659 Å². The lowest BCUT2D eigenvalue weighted by atomic mass is 9.84. The topological polar surface area (TPSA) is 506 Å². The fourth-order valence-corrected chi connectivity index (χ4v) is 14.3. The Hall–Kier alpha value is -8.77. The molecule has 20 N–H and O–H groups in total. The maximum Gasteiger partial charge on any atom is 0.303 e. The van der Waals surface area contributed by atoms with Crippen LogP contribution in [0.25, 0.3) is 21.8 Å². The molecule has 112 heavy (non-hydrogen) atoms. The van der Waals surface area contributed by atoms with Gasteiger partial charge in [-0.25, -0.2) is 0 Å². The van der Waals surface area contributed by atoms with Crippen molar-refractivity contribution >= 4 is 98.1 Å². The number of hydrogen-bond donors (Lipinski definition) is 16. The fourth-order valence-electron chi connectivity index (χ4n) is 14.3. The van der Waals surface area contributed by atoms with E-state index < -0.39 is 187 Å². The van der Waals surface area contributed by atoms with Gasteiger partial charge in [-0.15, -0.1) is 0 Å². The van der Waals surface area contributed by atoms with Gasteiger partial charge in [0.1, 0.15) is 12.1 Å². The molecule has 0 fully saturated rings. The molecular formula is C83H131N13O16. The predicted octanol–water partition coefficient (Wildman–Crippen LogP) is 6.55. The van der Waals surface area contributed by atoms with Crippen LogP contribution in [-0.2, 0) is 70.4 Å². The zero-order valence-electron chi connectivity index (χ0n) is 66.8. The van der Waals surface area contributed by atoms with Crippen LogP contribution in [-0.4, -0.2) is 183 Å². The van der Waals surface area contributed by atoms with Crippen molar-refractivity contribution in [1.29, 1.82) is 0 Å². The first-order chi connectivity index (χ1) is 53.7. The van der Waals surface area contributed by atoms with Crippen LogP contribution in [0, 0.1) is 35.5 Å². The van der Waals surface area contributed by atoms with Crippen molar-refractivity contribution in [2.24, 2.45) is 63.4 Å². The average Bonchev–Trinajstić information content (AvgIpc) is 1.67. The summed E-state index contributed by atoms with van der Waals surface area (Å²) >= 11 is 0. The average molecular weight is 1570 g/mol. The van der Waals surface area contributed by atoms with Gasteiger partial charge >= 0.3 is 5.97 Å². The molecule has 0 aliphatic heterocycles. The number of ketones is 5. The van der Waals surface area contributed by atoms with Crippen LogP contribution in [0.4, 0.5) is 0 Å². The van der Waals surface area contributed by atoms with Crippen molar-refractivity contribution in [3.63, 3.8) is 0 Å². The molecule has 12 atom stereocenters. The molecule has 624 valence electrons. The Bertz CT molecular complexity index is 3630. The molecular weight excluding hydrogens is 1430 g/mol. The molecule has 0 saturated heterocycles. The third kappa shape index (κ3) is 34.3. The lowest BCUT2D eigenvalue weighted by molar-refractivity contribution is -0.138. The van der Waals surface area contributed by atoms with E-state index in [2.05, 4.69) is 53.8 Å². The van der Waals surface area contributed by atoms with Crippen molar-refractivity contribution < 1.29 is 78.0 Å². The number of aliphatic carboxylic acids is 1. The number of fused-ring (bicyclic) bond motifs is 2. The van der Waals surface area contributed by atoms with E-state index in [1.165, 1.54) is 65.3 Å². The van der Waals surface area contributed by atoms with Gasteiger partial charge in [0.15, 0.2) is 34.9 Å². The molecule has 0 aliphatic rings. The number of para-hydroxylation sites is 2. The summed E-state index contributed by atoms with van der Waals surface area (Å²) in [5, 5.41) is 59.7. The van der Waals surface area contributed by atoms with Crippen molar-refractivity contribution in [1.82, 2.24) is 41.9 Å². The summed E-state index contributed by atoms with van der Waals surface area (Å²) in [6.45, 7) is 5.77. The highest BCUT2D eigenvalue weighted by atomic mass is 16.4. The molecule has 4 rings (SSSR count). The van der Waals surface area contributed by atoms with E-state index in [9.17, 15) is 78.0 Å². The highest BCUT2D eigenvalue weighted by molar-refractivity contribution is 6.00. The van der Waals surface area contributed by atoms with Crippen LogP contribution in [0.15, 0.2) is 65.9 Å². The smallest absolute Gasteiger partial charge is 0.303 e. The van der Waals surface area contributed by atoms with Crippen LogP contribution in [0.3, 0.4) is 0 Å². The summed E-state index contributed by atoms with van der Waals surface area (Å²) in [5.41, 5.74) is 25.7. The molecule has 4 aromatic rings. The van der Waals surface area contributed by atoms with E-state index in [0.717, 1.165) is 36.6 Å². The van der Waals surface area contributed by atoms with Crippen molar-refractivity contribution in [3.8, 4) is 0 Å². The Kier molecular flexibility index (Phi) is 45.5. The van der Waals surface area contributed by atoms with Gasteiger partial charge in [0.25, 0.3) is 0 Å². The fraction of sp³-hybridized carbons (Fsp3) is 0.651. The molecule has 29 nitrogen and oxygen atoms in total. The molecule has 6 amide bonds. The number of hydrogen-bond acceptors (Lipinski definition) is 18. The number of aliphatic hydroxyl groups is 3. The second-order valence-corrected chi connectivity index (χ2v) is 30.2. The van der Waals surface area contributed by atoms with Gasteiger partial charge in [-0.3, -0.25) is 62.5 Å². The SMILES string of the molecule is CCCCCCCCCCCCCCCC(=O)N[C@@H](CCC(=O)O)C(=O)C[C@@H](C(=O)N[C@@H](CCCCN)C(=O)C[C@H](CCCCN)C(=O)N[C@@H](CO)C(=O)C[C@H](Cc1c[nH]c2ccccc12)C(=O)N[C@@H](CO)C(=O)C[C@H](CCCN=C(N)N)C(=O)N[C@@H](Cc1c[nH]c2ccccc12)C(=O)C[C@@H](C(=O)NC)[C@@H](C)O)[C@@H](C)CC. The monoisotopic (exact) mass is 1570 g/mol. The number of benzene rings is 2. The maximum atomic E-state index is 14.9. The summed E-state index contributed by atoms with van der Waals surface area (Å²) in [6, 6.07) is 7.40. The Balaban J connectivity index is 1.57. The van der Waals surface area contributed by atoms with Crippen LogP contribution in [0.5, 0.6) is 0 Å². The minimum Gasteiger partial charge on any atom is -0.481 e. The van der Waals surface area contributed by atoms with E-state index in [-0.39, 0.29) is 83.4 Å². The lowest BCUT2D eigenvalue weighted by Crippen LogP contribution is -2.51. The summed E-state index contributed by atoms with van der Waals surface area (Å²) < 4.78 is 0. The van der Waals surface area contributed by atoms with Crippen molar-refractivity contribution in [2.75, 3.05) is 39.9 Å². The second kappa shape index (κ2) is 53.3. The number of rotatable bonds is 63. The van der Waals surface area contributed by atoms with Crippen LogP contribution >= 0.6 is 0 Å². The number of carbonyl (C=O) groups excluding carboxylic acids is 11. The van der Waals surface area contributed by atoms with Crippen LogP contribution in [0.2, 0.25) is 0 Å². The van der Waals surface area contributed by atoms with Crippen molar-refractivity contribution in [3.05, 3.63) is 72.1 Å². The van der Waals surface area contributed by atoms with Crippen molar-refractivity contribution in [2.45, 2.75) is 269 Å². The number of nitrogens with two attached hydrogens (primary N) is 4. The first-order valence-electron chi connectivity index (χ1n) is 40.8. The number of Topliss-reactive ketones (excluding diaryl/α,β-unsaturated/α-hetero) is 5. The summed E-state index contributed by atoms with van der Waals surface area (Å²) in [6.07, 6.45) is 15.7. The number of aliphatic imine (C=N–C) groups is 1. The number of carbonyl (C=O) groups is 12. The quantitative estimate of drug-likeness (QED) is 0.0126. The zero-order valence-corrected chi connectivity index (χ0v) is 66.8. The van der Waals surface area contributed by atoms with Gasteiger partial charge in [-0.2, -0.15) is 0 Å². The highest BCUT2D eigenvalue weighted by Gasteiger charge is 2.38. The number of unbranched alkanes of at least 4 members (excludes halogenated alkanes) is 14. The van der Waals surface area contributed by atoms with Gasteiger partial charge in [0.2, 0.25) is 35.4 Å². The molecule has 0 bridgehead atoms. The number of nitrogens with one attached hydrogen (secondary N) is 8. The van der Waals surface area contributed by atoms with Gasteiger partial charge in [0.05, 0.1) is 43.4 Å². The summed E-state index contributed by atoms with van der Waals surface area (Å²) in [5.74, 6) is -15.2. The number of carboxylic acid groups (broad SMARTS) is 1. The number of H-pyrrole nitrogens is 2. The van der Waals surface area contributed by atoms with E-state index in [1.807, 2.05) is 25.1 Å². The first kappa shape index (κ1) is 95.6. The highest BCUT2D eigenvalue weighted by Crippen LogP contribution is 2.28. The Morgan fingerprint density at radius 1 is 0.455 bits per heavy atom. The van der Waals surface area contributed by atoms with Crippen LogP contribution in [0.1, 0.15) is 231 Å². The molecule has 0 aliphatic carbocycles. The Morgan fingerprint density at radius 3 is 1.38 bits per heavy atom. The standard InChI is InChI=1S/C83H131N13O16/c1-6-8-9-10-11-12-13-14-15-16-17-18-19-36-76(105)92-67(37-38-77(106)107)74(103)47-62(53(3)7-2)82(112)93-66(35-25-27-40-85)71(100)44-55(29-24-26-39-84)79(109)95-70(52-98)73(102)46-57(42-58-49-90-64-33-22-20-31-60(58)64)80(110)96-69(51-97)72(101)45-56(30-28-41-89-83(86)87)78(108)94-68(75(104)48-63(54(4)99)81(111)88-5)43-59-50-91-65-34-23-21-32-61(59)65/h20-23,31-34,49-50,53-57,62-63,66-70,90-91,97-99H,6-19,24-30,35-48,51-52,84-85H2,1-5H3,(H,88,111)(H,92,105)(H,93,112)(H,94,108)(H,95,109)(H,96,110)(H,106,107)(H4,86,87,89)/t53-,54+,55-,56-,57-,62+,63+,66-,67-,68-,69-,70-/m0/s1. The molecule has 29 heteroatoms. The number of aliphatic hydroxyl groups excluding tert-OH is 3. The zero-order chi connectivity index (χ0) is 82.5. The number of carboxylic acids is 1. The summed E-state index contributed by atoms with van der Waals surface area (Å²) in [7, 11) is 1.36. The molecule has 0 radical (unpaired) electrons. The Morgan fingerprint density at radius 2 is 0.884 bits per heavy atom. The number of nitrogens with zero attached hydrogens (tertiary/aromatic N) is 1. The molecule has 2 aromatic heterocycles. The van der Waals surface area contributed by atoms with Crippen LogP contribution < -0.4 is 54.8 Å². The molecule has 2 heterocycles. The van der Waals surface area contributed by atoms with Gasteiger partial charge < -0.3 is 85.2 Å². The predicted molar refractivity (Wildman–Crippen MR) is 432 cm³/mol. The number of aromatic amines is 2. The number of aromatic nitrogens is 2. The van der Waals surface area contributed by atoms with E-state index in [1.54, 1.807) is 49.6 Å². The normalized spacial score (nSPS) is 14.7. The molecule has 0 saturated carbocycles. The first-order valence-corrected chi connectivity index (χ1v) is 40.8. The van der Waals surface area contributed by atoms with Gasteiger partial charge in [-0.1, -0.05) is 147 Å². The van der Waals surface area contributed by atoms with E-state index in [0.29, 0.717) is 60.6 Å². The number of guanidine groups is 1. The second-order valence-electron chi connectivity index (χ2n) is 30.2. The van der Waals surface area contributed by atoms with Gasteiger partial charge in [-0.05, 0) is 113 Å². The number of amides is 6. The van der Waals surface area contributed by atoms with Gasteiger partial charge in [0, 0.05) is 123 Å². The minimum atomic E-state index is -1.68. The maximum absolute atomic E-state index is 14.9. The largest absolute Gasteiger partial charge is 0.481 e. The summed E-state index contributed by atoms with van der Waals surface area (Å²) in [4.78, 5) is 180. The molecule has 2 aromatic carbocycles. The minimum absolute atomic E-state index is 0.0266. The third-order valence-corrected chi connectivity index (χ3v) is 21.4. The third-order valence-electron chi connectivity index (χ3n) is 21.4. The lowest BCUT2D eigenvalue weighted by Gasteiger charge is -2.28.